The first kappa shape index (κ1) is 10.4. The number of ether oxygens (including phenoxy) is 1. The summed E-state index contributed by atoms with van der Waals surface area (Å²) < 4.78 is 5.34. The van der Waals surface area contributed by atoms with Crippen LogP contribution in [-0.4, -0.2) is 16.6 Å². The van der Waals surface area contributed by atoms with Crippen molar-refractivity contribution in [3.8, 4) is 0 Å². The number of aromatic nitrogens is 2. The Hall–Kier alpha value is -2.10. The maximum absolute atomic E-state index is 11.5. The van der Waals surface area contributed by atoms with Gasteiger partial charge in [0.1, 0.15) is 5.76 Å². The van der Waals surface area contributed by atoms with E-state index in [4.69, 9.17) is 4.74 Å². The molecule has 2 aromatic rings. The molecule has 2 aromatic heterocycles. The van der Waals surface area contributed by atoms with E-state index in [0.29, 0.717) is 17.8 Å². The topological polar surface area (TPSA) is 55.0 Å². The van der Waals surface area contributed by atoms with Gasteiger partial charge in [0.25, 0.3) is 5.56 Å². The second kappa shape index (κ2) is 4.18. The smallest absolute Gasteiger partial charge is 0.257 e. The van der Waals surface area contributed by atoms with E-state index in [2.05, 4.69) is 16.5 Å². The number of nitrogens with one attached hydrogen (secondary N) is 1. The predicted octanol–water partition coefficient (Wildman–Crippen LogP) is 1.93. The maximum atomic E-state index is 11.5. The number of rotatable bonds is 3. The SMILES string of the molecule is C=C(OCC)c1c[nH]c(=O)c2cnccc12. The molecule has 0 aliphatic heterocycles. The molecular weight excluding hydrogens is 204 g/mol. The van der Waals surface area contributed by atoms with Gasteiger partial charge >= 0.3 is 0 Å². The molecule has 0 saturated heterocycles. The van der Waals surface area contributed by atoms with Gasteiger partial charge < -0.3 is 9.72 Å². The summed E-state index contributed by atoms with van der Waals surface area (Å²) in [5.41, 5.74) is 0.634. The maximum Gasteiger partial charge on any atom is 0.257 e. The lowest BCUT2D eigenvalue weighted by molar-refractivity contribution is 0.299. The van der Waals surface area contributed by atoms with Gasteiger partial charge in [0, 0.05) is 29.5 Å². The Morgan fingerprint density at radius 1 is 1.56 bits per heavy atom. The summed E-state index contributed by atoms with van der Waals surface area (Å²) in [6.07, 6.45) is 4.80. The van der Waals surface area contributed by atoms with Crippen LogP contribution in [-0.2, 0) is 4.74 Å². The molecule has 1 N–H and O–H groups in total. The van der Waals surface area contributed by atoms with Crippen LogP contribution >= 0.6 is 0 Å². The zero-order valence-electron chi connectivity index (χ0n) is 8.99. The van der Waals surface area contributed by atoms with E-state index < -0.39 is 0 Å². The zero-order valence-corrected chi connectivity index (χ0v) is 8.99. The van der Waals surface area contributed by atoms with Gasteiger partial charge in [-0.25, -0.2) is 0 Å². The first-order valence-electron chi connectivity index (χ1n) is 5.01. The lowest BCUT2D eigenvalue weighted by Gasteiger charge is -2.09. The zero-order chi connectivity index (χ0) is 11.5. The molecule has 0 atom stereocenters. The van der Waals surface area contributed by atoms with Crippen LogP contribution in [0.25, 0.3) is 16.5 Å². The Labute approximate surface area is 92.6 Å². The summed E-state index contributed by atoms with van der Waals surface area (Å²) in [7, 11) is 0. The minimum atomic E-state index is -0.156. The van der Waals surface area contributed by atoms with Gasteiger partial charge in [0.15, 0.2) is 0 Å². The Kier molecular flexibility index (Phi) is 2.72. The Balaban J connectivity index is 2.68. The summed E-state index contributed by atoms with van der Waals surface area (Å²) in [5, 5.41) is 1.35. The summed E-state index contributed by atoms with van der Waals surface area (Å²) in [4.78, 5) is 18.1. The first-order valence-corrected chi connectivity index (χ1v) is 5.01. The Morgan fingerprint density at radius 2 is 2.38 bits per heavy atom. The number of H-pyrrole nitrogens is 1. The highest BCUT2D eigenvalue weighted by molar-refractivity contribution is 5.90. The molecular formula is C12H12N2O2. The largest absolute Gasteiger partial charge is 0.494 e. The highest BCUT2D eigenvalue weighted by Gasteiger charge is 2.07. The fourth-order valence-electron chi connectivity index (χ4n) is 1.59. The minimum absolute atomic E-state index is 0.156. The lowest BCUT2D eigenvalue weighted by atomic mass is 10.1. The van der Waals surface area contributed by atoms with Crippen molar-refractivity contribution in [2.24, 2.45) is 0 Å². The van der Waals surface area contributed by atoms with Crippen molar-refractivity contribution in [3.63, 3.8) is 0 Å². The van der Waals surface area contributed by atoms with E-state index in [0.717, 1.165) is 10.9 Å². The third kappa shape index (κ3) is 1.69. The normalized spacial score (nSPS) is 10.3. The third-order valence-electron chi connectivity index (χ3n) is 2.32. The molecule has 4 heteroatoms. The van der Waals surface area contributed by atoms with E-state index in [1.165, 1.54) is 6.20 Å². The van der Waals surface area contributed by atoms with Crippen LogP contribution in [0.1, 0.15) is 12.5 Å². The average molecular weight is 216 g/mol. The molecule has 16 heavy (non-hydrogen) atoms. The molecule has 0 unspecified atom stereocenters. The van der Waals surface area contributed by atoms with Crippen molar-refractivity contribution in [1.82, 2.24) is 9.97 Å². The standard InChI is InChI=1S/C12H12N2O2/c1-3-16-8(2)10-7-14-12(15)11-6-13-5-4-9(10)11/h4-7H,2-3H2,1H3,(H,14,15). The number of pyridine rings is 2. The number of fused-ring (bicyclic) bond motifs is 1. The van der Waals surface area contributed by atoms with E-state index >= 15 is 0 Å². The highest BCUT2D eigenvalue weighted by atomic mass is 16.5. The molecule has 0 aliphatic rings. The molecule has 2 heterocycles. The molecule has 0 aliphatic carbocycles. The van der Waals surface area contributed by atoms with Gasteiger partial charge in [-0.2, -0.15) is 0 Å². The first-order chi connectivity index (χ1) is 7.74. The van der Waals surface area contributed by atoms with Crippen LogP contribution < -0.4 is 5.56 Å². The van der Waals surface area contributed by atoms with E-state index in [-0.39, 0.29) is 5.56 Å². The fourth-order valence-corrected chi connectivity index (χ4v) is 1.59. The summed E-state index contributed by atoms with van der Waals surface area (Å²) in [6, 6.07) is 1.78. The molecule has 2 rings (SSSR count). The van der Waals surface area contributed by atoms with Crippen molar-refractivity contribution in [2.45, 2.75) is 6.92 Å². The predicted molar refractivity (Wildman–Crippen MR) is 63.0 cm³/mol. The van der Waals surface area contributed by atoms with Crippen LogP contribution in [0.2, 0.25) is 0 Å². The number of hydrogen-bond acceptors (Lipinski definition) is 3. The highest BCUT2D eigenvalue weighted by Crippen LogP contribution is 2.20. The number of hydrogen-bond donors (Lipinski definition) is 1. The van der Waals surface area contributed by atoms with Crippen molar-refractivity contribution >= 4 is 16.5 Å². The molecule has 4 nitrogen and oxygen atoms in total. The second-order valence-corrected chi connectivity index (χ2v) is 3.31. The van der Waals surface area contributed by atoms with Crippen molar-refractivity contribution in [2.75, 3.05) is 6.61 Å². The van der Waals surface area contributed by atoms with Gasteiger partial charge in [-0.3, -0.25) is 9.78 Å². The molecule has 0 amide bonds. The van der Waals surface area contributed by atoms with Gasteiger partial charge in [0.05, 0.1) is 12.0 Å². The van der Waals surface area contributed by atoms with E-state index in [1.54, 1.807) is 18.5 Å². The summed E-state index contributed by atoms with van der Waals surface area (Å²) in [5.74, 6) is 0.551. The molecule has 0 fully saturated rings. The molecule has 0 saturated carbocycles. The molecule has 0 bridgehead atoms. The number of aromatic amines is 1. The number of nitrogens with zero attached hydrogens (tertiary/aromatic N) is 1. The lowest BCUT2D eigenvalue weighted by Crippen LogP contribution is -2.07. The second-order valence-electron chi connectivity index (χ2n) is 3.31. The van der Waals surface area contributed by atoms with Gasteiger partial charge in [-0.05, 0) is 13.0 Å². The van der Waals surface area contributed by atoms with Crippen molar-refractivity contribution in [3.05, 3.63) is 47.2 Å². The summed E-state index contributed by atoms with van der Waals surface area (Å²) >= 11 is 0. The minimum Gasteiger partial charge on any atom is -0.494 e. The van der Waals surface area contributed by atoms with Crippen LogP contribution in [0.3, 0.4) is 0 Å². The Morgan fingerprint density at radius 3 is 3.12 bits per heavy atom. The van der Waals surface area contributed by atoms with Crippen molar-refractivity contribution in [1.29, 1.82) is 0 Å². The average Bonchev–Trinajstić information content (AvgIpc) is 2.30. The van der Waals surface area contributed by atoms with Gasteiger partial charge in [0.2, 0.25) is 0 Å². The van der Waals surface area contributed by atoms with Crippen LogP contribution in [0.5, 0.6) is 0 Å². The van der Waals surface area contributed by atoms with Crippen LogP contribution in [0.4, 0.5) is 0 Å². The van der Waals surface area contributed by atoms with E-state index in [1.807, 2.05) is 6.92 Å². The monoisotopic (exact) mass is 216 g/mol. The van der Waals surface area contributed by atoms with Gasteiger partial charge in [-0.15, -0.1) is 0 Å². The van der Waals surface area contributed by atoms with Gasteiger partial charge in [-0.1, -0.05) is 6.58 Å². The van der Waals surface area contributed by atoms with Crippen LogP contribution in [0.15, 0.2) is 36.0 Å². The van der Waals surface area contributed by atoms with Crippen LogP contribution in [0, 0.1) is 0 Å². The summed E-state index contributed by atoms with van der Waals surface area (Å²) in [6.45, 7) is 6.27. The van der Waals surface area contributed by atoms with E-state index in [9.17, 15) is 4.79 Å². The Bertz CT molecular complexity index is 587. The molecule has 82 valence electrons. The van der Waals surface area contributed by atoms with Crippen molar-refractivity contribution < 1.29 is 4.74 Å². The molecule has 0 aromatic carbocycles. The third-order valence-corrected chi connectivity index (χ3v) is 2.32. The quantitative estimate of drug-likeness (QED) is 0.797. The molecule has 0 spiro atoms. The fraction of sp³-hybridized carbons (Fsp3) is 0.167. The molecule has 0 radical (unpaired) electrons.